The monoisotopic (exact) mass is 333 g/mol. The number of rotatable bonds is 7. The number of pyridine rings is 1. The summed E-state index contributed by atoms with van der Waals surface area (Å²) in [6.07, 6.45) is 4.75. The third kappa shape index (κ3) is 3.25. The Balaban J connectivity index is 1.49. The zero-order valence-electron chi connectivity index (χ0n) is 14.5. The van der Waals surface area contributed by atoms with Gasteiger partial charge < -0.3 is 10.1 Å². The van der Waals surface area contributed by atoms with Gasteiger partial charge in [-0.15, -0.1) is 0 Å². The summed E-state index contributed by atoms with van der Waals surface area (Å²) in [5, 5.41) is 13.1. The summed E-state index contributed by atoms with van der Waals surface area (Å²) in [6, 6.07) is 16.0. The maximum atomic E-state index is 9.34. The Hall–Kier alpha value is -2.38. The number of benzene rings is 1. The van der Waals surface area contributed by atoms with Crippen LogP contribution in [0.15, 0.2) is 42.5 Å². The van der Waals surface area contributed by atoms with Gasteiger partial charge in [-0.05, 0) is 56.3 Å². The Morgan fingerprint density at radius 2 is 2.00 bits per heavy atom. The van der Waals surface area contributed by atoms with E-state index in [0.717, 1.165) is 30.1 Å². The smallest absolute Gasteiger partial charge is 0.232 e. The van der Waals surface area contributed by atoms with E-state index in [-0.39, 0.29) is 6.10 Å². The van der Waals surface area contributed by atoms with E-state index < -0.39 is 0 Å². The third-order valence-electron chi connectivity index (χ3n) is 5.49. The van der Waals surface area contributed by atoms with Gasteiger partial charge in [0.15, 0.2) is 0 Å². The second-order valence-electron chi connectivity index (χ2n) is 7.41. The highest BCUT2D eigenvalue weighted by Gasteiger charge is 2.55. The molecule has 1 aromatic carbocycles. The van der Waals surface area contributed by atoms with Crippen LogP contribution in [-0.2, 0) is 0 Å². The molecular weight excluding hydrogens is 310 g/mol. The maximum Gasteiger partial charge on any atom is 0.232 e. The Labute approximate surface area is 148 Å². The van der Waals surface area contributed by atoms with Crippen LogP contribution in [-0.4, -0.2) is 17.1 Å². The lowest BCUT2D eigenvalue weighted by Gasteiger charge is -2.62. The molecule has 0 amide bonds. The Morgan fingerprint density at radius 1 is 1.24 bits per heavy atom. The fraction of sp³-hybridized carbons (Fsp3) is 0.429. The predicted octanol–water partition coefficient (Wildman–Crippen LogP) is 3.91. The summed E-state index contributed by atoms with van der Waals surface area (Å²) in [6.45, 7) is 2.83. The van der Waals surface area contributed by atoms with Crippen molar-refractivity contribution >= 4 is 0 Å². The molecular formula is C21H23N3O. The topological polar surface area (TPSA) is 57.9 Å². The number of hydrogen-bond acceptors (Lipinski definition) is 4. The fourth-order valence-corrected chi connectivity index (χ4v) is 3.97. The summed E-state index contributed by atoms with van der Waals surface area (Å²) in [5.41, 5.74) is 2.88. The molecule has 4 nitrogen and oxygen atoms in total. The molecule has 3 aliphatic carbocycles. The number of ether oxygens (including phenoxy) is 1. The largest absolute Gasteiger partial charge is 0.468 e. The molecule has 5 rings (SSSR count). The normalized spacial score (nSPS) is 24.6. The van der Waals surface area contributed by atoms with Crippen molar-refractivity contribution in [2.45, 2.75) is 44.2 Å². The van der Waals surface area contributed by atoms with Crippen molar-refractivity contribution in [1.82, 2.24) is 10.3 Å². The highest BCUT2D eigenvalue weighted by Crippen LogP contribution is 2.56. The average Bonchev–Trinajstić information content (AvgIpc) is 2.56. The van der Waals surface area contributed by atoms with Crippen molar-refractivity contribution in [2.75, 3.05) is 6.54 Å². The Kier molecular flexibility index (Phi) is 4.19. The van der Waals surface area contributed by atoms with E-state index in [1.165, 1.54) is 19.3 Å². The lowest BCUT2D eigenvalue weighted by molar-refractivity contribution is -0.0517. The molecule has 3 saturated carbocycles. The molecule has 2 aromatic rings. The predicted molar refractivity (Wildman–Crippen MR) is 96.2 cm³/mol. The van der Waals surface area contributed by atoms with Gasteiger partial charge in [-0.3, -0.25) is 0 Å². The first-order valence-electron chi connectivity index (χ1n) is 9.02. The molecule has 0 radical (unpaired) electrons. The molecule has 3 fully saturated rings. The van der Waals surface area contributed by atoms with Crippen LogP contribution in [0.2, 0.25) is 0 Å². The van der Waals surface area contributed by atoms with E-state index in [0.29, 0.717) is 17.0 Å². The van der Waals surface area contributed by atoms with E-state index in [2.05, 4.69) is 28.5 Å². The van der Waals surface area contributed by atoms with Gasteiger partial charge in [0.25, 0.3) is 0 Å². The number of hydrogen-bond donors (Lipinski definition) is 1. The summed E-state index contributed by atoms with van der Waals surface area (Å²) >= 11 is 0. The molecule has 1 atom stereocenters. The first-order chi connectivity index (χ1) is 12.2. The minimum atomic E-state index is -0.109. The fourth-order valence-electron chi connectivity index (χ4n) is 3.97. The first kappa shape index (κ1) is 16.1. The van der Waals surface area contributed by atoms with Crippen LogP contribution >= 0.6 is 0 Å². The van der Waals surface area contributed by atoms with Crippen LogP contribution in [0.25, 0.3) is 0 Å². The zero-order valence-corrected chi connectivity index (χ0v) is 14.5. The number of nitrogens with zero attached hydrogens (tertiary/aromatic N) is 2. The van der Waals surface area contributed by atoms with Gasteiger partial charge in [-0.1, -0.05) is 30.3 Å². The van der Waals surface area contributed by atoms with Gasteiger partial charge >= 0.3 is 0 Å². The molecule has 1 heterocycles. The van der Waals surface area contributed by atoms with E-state index in [1.807, 2.05) is 31.2 Å². The van der Waals surface area contributed by atoms with Gasteiger partial charge in [0, 0.05) is 17.7 Å². The number of aromatic nitrogens is 1. The maximum absolute atomic E-state index is 9.34. The van der Waals surface area contributed by atoms with Crippen molar-refractivity contribution in [1.29, 1.82) is 5.26 Å². The lowest BCUT2D eigenvalue weighted by atomic mass is 9.50. The van der Waals surface area contributed by atoms with Crippen molar-refractivity contribution in [2.24, 2.45) is 5.92 Å². The minimum absolute atomic E-state index is 0.109. The zero-order chi connectivity index (χ0) is 17.3. The van der Waals surface area contributed by atoms with E-state index in [4.69, 9.17) is 4.74 Å². The average molecular weight is 333 g/mol. The van der Waals surface area contributed by atoms with Crippen LogP contribution in [0.4, 0.5) is 0 Å². The molecule has 1 N–H and O–H groups in total. The standard InChI is InChI=1S/C21H23N3O/c1-15-7-8-18(14-22)20(24-15)25-19(17-5-3-2-4-6-17)9-10-23-21-11-16(12-21)13-21/h2-8,16,19,23H,9-13H2,1H3. The molecule has 4 heteroatoms. The van der Waals surface area contributed by atoms with Gasteiger partial charge in [0.05, 0.1) is 0 Å². The second kappa shape index (κ2) is 6.50. The van der Waals surface area contributed by atoms with E-state index in [9.17, 15) is 5.26 Å². The minimum Gasteiger partial charge on any atom is -0.468 e. The Morgan fingerprint density at radius 3 is 2.64 bits per heavy atom. The van der Waals surface area contributed by atoms with Gasteiger partial charge in [-0.25, -0.2) is 4.98 Å². The summed E-state index contributed by atoms with van der Waals surface area (Å²) < 4.78 is 6.21. The van der Waals surface area contributed by atoms with Gasteiger partial charge in [-0.2, -0.15) is 5.26 Å². The lowest BCUT2D eigenvalue weighted by Crippen LogP contribution is -2.67. The molecule has 3 aliphatic rings. The first-order valence-corrected chi connectivity index (χ1v) is 9.02. The summed E-state index contributed by atoms with van der Waals surface area (Å²) in [5.74, 6) is 1.41. The molecule has 0 saturated heterocycles. The molecule has 0 aliphatic heterocycles. The number of nitrogens with one attached hydrogen (secondary N) is 1. The number of nitriles is 1. The molecule has 0 spiro atoms. The molecule has 2 bridgehead atoms. The second-order valence-corrected chi connectivity index (χ2v) is 7.41. The molecule has 25 heavy (non-hydrogen) atoms. The van der Waals surface area contributed by atoms with Crippen LogP contribution in [0.5, 0.6) is 5.88 Å². The third-order valence-corrected chi connectivity index (χ3v) is 5.49. The van der Waals surface area contributed by atoms with Crippen LogP contribution in [0.3, 0.4) is 0 Å². The molecule has 1 unspecified atom stereocenters. The highest BCUT2D eigenvalue weighted by atomic mass is 16.5. The van der Waals surface area contributed by atoms with Crippen LogP contribution in [0, 0.1) is 24.2 Å². The highest BCUT2D eigenvalue weighted by molar-refractivity contribution is 5.39. The quantitative estimate of drug-likeness (QED) is 0.834. The summed E-state index contributed by atoms with van der Waals surface area (Å²) in [7, 11) is 0. The van der Waals surface area contributed by atoms with Crippen LogP contribution in [0.1, 0.15) is 48.6 Å². The van der Waals surface area contributed by atoms with Crippen molar-refractivity contribution in [3.63, 3.8) is 0 Å². The van der Waals surface area contributed by atoms with E-state index in [1.54, 1.807) is 6.07 Å². The Bertz CT molecular complexity index is 780. The van der Waals surface area contributed by atoms with Crippen LogP contribution < -0.4 is 10.1 Å². The van der Waals surface area contributed by atoms with Gasteiger partial charge in [0.2, 0.25) is 5.88 Å². The molecule has 128 valence electrons. The SMILES string of the molecule is Cc1ccc(C#N)c(OC(CCNC23CC(C2)C3)c2ccccc2)n1. The van der Waals surface area contributed by atoms with E-state index >= 15 is 0 Å². The van der Waals surface area contributed by atoms with Crippen molar-refractivity contribution < 1.29 is 4.74 Å². The van der Waals surface area contributed by atoms with Crippen molar-refractivity contribution in [3.8, 4) is 11.9 Å². The molecule has 1 aromatic heterocycles. The van der Waals surface area contributed by atoms with Gasteiger partial charge in [0.1, 0.15) is 17.7 Å². The summed E-state index contributed by atoms with van der Waals surface area (Å²) in [4.78, 5) is 4.44. The number of aryl methyl sites for hydroxylation is 1. The van der Waals surface area contributed by atoms with Crippen molar-refractivity contribution in [3.05, 3.63) is 59.3 Å².